The van der Waals surface area contributed by atoms with E-state index in [2.05, 4.69) is 24.6 Å². The molecule has 8 nitrogen and oxygen atoms in total. The molecule has 0 aliphatic carbocycles. The lowest BCUT2D eigenvalue weighted by atomic mass is 10.3. The Bertz CT molecular complexity index is 676. The lowest BCUT2D eigenvalue weighted by molar-refractivity contribution is -0.157. The molecule has 0 bridgehead atoms. The predicted octanol–water partition coefficient (Wildman–Crippen LogP) is 1.54. The van der Waals surface area contributed by atoms with Gasteiger partial charge in [-0.15, -0.1) is 10.2 Å². The maximum Gasteiger partial charge on any atom is 0.470 e. The van der Waals surface area contributed by atoms with Crippen molar-refractivity contribution >= 4 is 0 Å². The Labute approximate surface area is 134 Å². The second-order valence-corrected chi connectivity index (χ2v) is 5.17. The van der Waals surface area contributed by atoms with Crippen molar-refractivity contribution in [3.8, 4) is 11.8 Å². The smallest absolute Gasteiger partial charge is 0.470 e. The molecule has 0 spiro atoms. The van der Waals surface area contributed by atoms with Gasteiger partial charge in [-0.3, -0.25) is 4.90 Å². The Morgan fingerprint density at radius 1 is 1.29 bits per heavy atom. The minimum atomic E-state index is -4.63. The highest BCUT2D eigenvalue weighted by Crippen LogP contribution is 2.28. The fourth-order valence-electron chi connectivity index (χ4n) is 2.28. The van der Waals surface area contributed by atoms with Crippen LogP contribution in [0.3, 0.4) is 0 Å². The molecule has 1 unspecified atom stereocenters. The number of rotatable bonds is 5. The van der Waals surface area contributed by atoms with Crippen molar-refractivity contribution in [2.24, 2.45) is 0 Å². The van der Waals surface area contributed by atoms with Gasteiger partial charge < -0.3 is 13.9 Å². The van der Waals surface area contributed by atoms with E-state index in [4.69, 9.17) is 9.47 Å². The van der Waals surface area contributed by atoms with E-state index < -0.39 is 12.1 Å². The fourth-order valence-corrected chi connectivity index (χ4v) is 2.28. The van der Waals surface area contributed by atoms with Gasteiger partial charge in [0, 0.05) is 13.1 Å². The average Bonchev–Trinajstić information content (AvgIpc) is 3.18. The molecule has 2 aromatic rings. The summed E-state index contributed by atoms with van der Waals surface area (Å²) < 4.78 is 52.5. The topological polar surface area (TPSA) is 86.4 Å². The van der Waals surface area contributed by atoms with Crippen LogP contribution in [-0.4, -0.2) is 51.4 Å². The molecule has 11 heteroatoms. The van der Waals surface area contributed by atoms with Gasteiger partial charge in [0.15, 0.2) is 5.75 Å². The van der Waals surface area contributed by atoms with Gasteiger partial charge in [-0.2, -0.15) is 23.1 Å². The molecule has 0 aromatic carbocycles. The number of likely N-dealkylation sites (tertiary alicyclic amines) is 1. The fraction of sp³-hybridized carbons (Fsp3) is 0.538. The summed E-state index contributed by atoms with van der Waals surface area (Å²) in [6.45, 7) is 1.26. The Hall–Kier alpha value is -2.43. The summed E-state index contributed by atoms with van der Waals surface area (Å²) in [6, 6.07) is 0.222. The maximum absolute atomic E-state index is 12.4. The van der Waals surface area contributed by atoms with Crippen molar-refractivity contribution in [1.29, 1.82) is 0 Å². The normalized spacial score (nSPS) is 18.8. The molecule has 1 fully saturated rings. The largest absolute Gasteiger partial charge is 0.494 e. The van der Waals surface area contributed by atoms with Crippen molar-refractivity contribution in [3.63, 3.8) is 0 Å². The highest BCUT2D eigenvalue weighted by Gasteiger charge is 2.38. The number of ether oxygens (including phenoxy) is 2. The van der Waals surface area contributed by atoms with Crippen LogP contribution in [0.5, 0.6) is 11.8 Å². The molecule has 24 heavy (non-hydrogen) atoms. The van der Waals surface area contributed by atoms with E-state index in [1.54, 1.807) is 0 Å². The summed E-state index contributed by atoms with van der Waals surface area (Å²) >= 11 is 0. The minimum Gasteiger partial charge on any atom is -0.494 e. The number of hydrogen-bond donors (Lipinski definition) is 0. The second kappa shape index (κ2) is 6.59. The summed E-state index contributed by atoms with van der Waals surface area (Å²) in [6.07, 6.45) is -1.12. The van der Waals surface area contributed by atoms with Crippen LogP contribution in [-0.2, 0) is 12.7 Å². The molecule has 0 saturated carbocycles. The third kappa shape index (κ3) is 3.91. The van der Waals surface area contributed by atoms with Crippen LogP contribution in [0.25, 0.3) is 0 Å². The molecule has 1 atom stereocenters. The van der Waals surface area contributed by atoms with E-state index in [0.29, 0.717) is 25.3 Å². The standard InChI is InChI=1S/C13H14F3N5O3/c1-22-9-4-17-12(18-5-9)23-8-2-3-21(6-8)7-10-19-20-11(24-10)13(14,15)16/h4-5,8H,2-3,6-7H2,1H3. The van der Waals surface area contributed by atoms with Gasteiger partial charge >= 0.3 is 18.1 Å². The zero-order valence-corrected chi connectivity index (χ0v) is 12.7. The number of aromatic nitrogens is 4. The quantitative estimate of drug-likeness (QED) is 0.807. The first-order chi connectivity index (χ1) is 11.4. The third-order valence-electron chi connectivity index (χ3n) is 3.41. The van der Waals surface area contributed by atoms with Crippen molar-refractivity contribution < 1.29 is 27.1 Å². The van der Waals surface area contributed by atoms with Crippen LogP contribution in [0, 0.1) is 0 Å². The number of halogens is 3. The van der Waals surface area contributed by atoms with E-state index in [-0.39, 0.29) is 24.5 Å². The van der Waals surface area contributed by atoms with Crippen LogP contribution in [0.15, 0.2) is 16.8 Å². The van der Waals surface area contributed by atoms with E-state index in [0.717, 1.165) is 0 Å². The lowest BCUT2D eigenvalue weighted by Crippen LogP contribution is -2.25. The molecule has 1 saturated heterocycles. The van der Waals surface area contributed by atoms with Crippen LogP contribution >= 0.6 is 0 Å². The van der Waals surface area contributed by atoms with Gasteiger partial charge in [0.25, 0.3) is 0 Å². The summed E-state index contributed by atoms with van der Waals surface area (Å²) in [5.74, 6) is -0.896. The van der Waals surface area contributed by atoms with Gasteiger partial charge in [-0.05, 0) is 6.42 Å². The van der Waals surface area contributed by atoms with Crippen LogP contribution in [0.2, 0.25) is 0 Å². The van der Waals surface area contributed by atoms with Crippen molar-refractivity contribution in [2.75, 3.05) is 20.2 Å². The molecule has 0 amide bonds. The number of hydrogen-bond acceptors (Lipinski definition) is 8. The first kappa shape index (κ1) is 16.4. The molecule has 3 heterocycles. The zero-order chi connectivity index (χ0) is 17.2. The highest BCUT2D eigenvalue weighted by atomic mass is 19.4. The predicted molar refractivity (Wildman–Crippen MR) is 72.2 cm³/mol. The molecule has 3 rings (SSSR count). The van der Waals surface area contributed by atoms with E-state index in [9.17, 15) is 13.2 Å². The first-order valence-corrected chi connectivity index (χ1v) is 7.08. The van der Waals surface area contributed by atoms with E-state index >= 15 is 0 Å². The van der Waals surface area contributed by atoms with Crippen LogP contribution < -0.4 is 9.47 Å². The summed E-state index contributed by atoms with van der Waals surface area (Å²) in [5, 5.41) is 6.42. The van der Waals surface area contributed by atoms with Crippen molar-refractivity contribution in [3.05, 3.63) is 24.2 Å². The first-order valence-electron chi connectivity index (χ1n) is 7.08. The maximum atomic E-state index is 12.4. The summed E-state index contributed by atoms with van der Waals surface area (Å²) in [5.41, 5.74) is 0. The molecule has 130 valence electrons. The average molecular weight is 345 g/mol. The SMILES string of the molecule is COc1cnc(OC2CCN(Cc3nnc(C(F)(F)F)o3)C2)nc1. The van der Waals surface area contributed by atoms with E-state index in [1.165, 1.54) is 19.5 Å². The van der Waals surface area contributed by atoms with Gasteiger partial charge in [0.2, 0.25) is 5.89 Å². The monoisotopic (exact) mass is 345 g/mol. The van der Waals surface area contributed by atoms with Crippen molar-refractivity contribution in [1.82, 2.24) is 25.1 Å². The molecule has 0 radical (unpaired) electrons. The van der Waals surface area contributed by atoms with Crippen molar-refractivity contribution in [2.45, 2.75) is 25.2 Å². The third-order valence-corrected chi connectivity index (χ3v) is 3.41. The number of alkyl halides is 3. The molecular formula is C13H14F3N5O3. The van der Waals surface area contributed by atoms with Gasteiger partial charge in [0.05, 0.1) is 26.0 Å². The number of nitrogens with zero attached hydrogens (tertiary/aromatic N) is 5. The Kier molecular flexibility index (Phi) is 4.51. The van der Waals surface area contributed by atoms with Gasteiger partial charge in [0.1, 0.15) is 6.10 Å². The summed E-state index contributed by atoms with van der Waals surface area (Å²) in [4.78, 5) is 9.88. The molecule has 2 aromatic heterocycles. The minimum absolute atomic E-state index is 0.0799. The van der Waals surface area contributed by atoms with Gasteiger partial charge in [-0.1, -0.05) is 0 Å². The molecule has 0 N–H and O–H groups in total. The molecular weight excluding hydrogens is 331 g/mol. The Morgan fingerprint density at radius 3 is 2.67 bits per heavy atom. The number of methoxy groups -OCH3 is 1. The Morgan fingerprint density at radius 2 is 2.04 bits per heavy atom. The molecule has 1 aliphatic rings. The zero-order valence-electron chi connectivity index (χ0n) is 12.7. The summed E-state index contributed by atoms with van der Waals surface area (Å²) in [7, 11) is 1.51. The van der Waals surface area contributed by atoms with Crippen LogP contribution in [0.4, 0.5) is 13.2 Å². The lowest BCUT2D eigenvalue weighted by Gasteiger charge is -2.14. The van der Waals surface area contributed by atoms with Crippen LogP contribution in [0.1, 0.15) is 18.2 Å². The van der Waals surface area contributed by atoms with Gasteiger partial charge in [-0.25, -0.2) is 0 Å². The molecule has 1 aliphatic heterocycles. The van der Waals surface area contributed by atoms with E-state index in [1.807, 2.05) is 4.90 Å². The highest BCUT2D eigenvalue weighted by molar-refractivity contribution is 5.13. The Balaban J connectivity index is 1.52. The second-order valence-electron chi connectivity index (χ2n) is 5.17.